The van der Waals surface area contributed by atoms with E-state index in [0.29, 0.717) is 28.5 Å². The Morgan fingerprint density at radius 2 is 1.66 bits per heavy atom. The summed E-state index contributed by atoms with van der Waals surface area (Å²) in [6.45, 7) is 8.33. The molecule has 3 aromatic carbocycles. The highest BCUT2D eigenvalue weighted by Crippen LogP contribution is 2.44. The van der Waals surface area contributed by atoms with E-state index in [1.54, 1.807) is 27.2 Å². The lowest BCUT2D eigenvalue weighted by atomic mass is 9.87. The molecule has 2 amide bonds. The number of hydrogen-bond donors (Lipinski definition) is 2. The maximum Gasteiger partial charge on any atom is 0.324 e. The Balaban J connectivity index is 1.03. The molecule has 2 aromatic heterocycles. The predicted molar refractivity (Wildman–Crippen MR) is 186 cm³/mol. The summed E-state index contributed by atoms with van der Waals surface area (Å²) >= 11 is 1.04. The number of sulfonamides is 1. The lowest BCUT2D eigenvalue weighted by Crippen LogP contribution is -2.46. The molecule has 12 heteroatoms. The van der Waals surface area contributed by atoms with Crippen molar-refractivity contribution in [3.8, 4) is 5.69 Å². The van der Waals surface area contributed by atoms with Crippen LogP contribution in [-0.4, -0.2) is 49.4 Å². The molecule has 2 aliphatic heterocycles. The zero-order valence-corrected chi connectivity index (χ0v) is 28.6. The first kappa shape index (κ1) is 31.5. The molecular weight excluding hydrogens is 631 g/mol. The van der Waals surface area contributed by atoms with Crippen molar-refractivity contribution in [1.82, 2.24) is 22.8 Å². The average molecular weight is 670 g/mol. The van der Waals surface area contributed by atoms with Crippen LogP contribution in [0.4, 0.5) is 16.3 Å². The molecule has 2 aliphatic rings. The maximum atomic E-state index is 13.9. The normalized spacial score (nSPS) is 20.0. The Hall–Kier alpha value is -4.13. The lowest BCUT2D eigenvalue weighted by Gasteiger charge is -2.38. The quantitative estimate of drug-likeness (QED) is 0.188. The smallest absolute Gasteiger partial charge is 0.308 e. The van der Waals surface area contributed by atoms with Crippen molar-refractivity contribution in [2.24, 2.45) is 5.92 Å². The van der Waals surface area contributed by atoms with Gasteiger partial charge in [0.2, 0.25) is 10.0 Å². The van der Waals surface area contributed by atoms with Crippen LogP contribution >= 0.6 is 11.7 Å². The van der Waals surface area contributed by atoms with Gasteiger partial charge in [0.15, 0.2) is 0 Å². The van der Waals surface area contributed by atoms with Gasteiger partial charge in [0.05, 0.1) is 23.1 Å². The van der Waals surface area contributed by atoms with Crippen molar-refractivity contribution in [1.29, 1.82) is 0 Å². The second-order valence-electron chi connectivity index (χ2n) is 13.8. The van der Waals surface area contributed by atoms with Crippen molar-refractivity contribution < 1.29 is 13.2 Å². The van der Waals surface area contributed by atoms with Crippen LogP contribution in [0.15, 0.2) is 77.7 Å². The summed E-state index contributed by atoms with van der Waals surface area (Å²) in [6, 6.07) is 22.7. The summed E-state index contributed by atoms with van der Waals surface area (Å²) < 4.78 is 39.8. The summed E-state index contributed by atoms with van der Waals surface area (Å²) in [5.41, 5.74) is 5.59. The van der Waals surface area contributed by atoms with E-state index in [0.717, 1.165) is 66.3 Å². The monoisotopic (exact) mass is 669 g/mol. The molecule has 5 aromatic rings. The number of carbonyl (C=O) groups excluding carboxylic acids is 1. The number of hydrogen-bond acceptors (Lipinski definition) is 7. The van der Waals surface area contributed by atoms with Gasteiger partial charge in [0.1, 0.15) is 21.7 Å². The number of nitrogens with zero attached hydrogens (tertiary/aromatic N) is 5. The van der Waals surface area contributed by atoms with Gasteiger partial charge in [-0.05, 0) is 86.9 Å². The fourth-order valence-corrected chi connectivity index (χ4v) is 9.66. The Kier molecular flexibility index (Phi) is 8.13. The van der Waals surface area contributed by atoms with Crippen LogP contribution in [0.3, 0.4) is 0 Å². The highest BCUT2D eigenvalue weighted by Gasteiger charge is 2.47. The molecule has 244 valence electrons. The largest absolute Gasteiger partial charge is 0.324 e. The number of rotatable bonds is 7. The summed E-state index contributed by atoms with van der Waals surface area (Å²) in [6.07, 6.45) is 4.16. The fourth-order valence-electron chi connectivity index (χ4n) is 7.02. The van der Waals surface area contributed by atoms with Crippen LogP contribution in [0.2, 0.25) is 0 Å². The van der Waals surface area contributed by atoms with Crippen LogP contribution in [0.25, 0.3) is 16.7 Å². The van der Waals surface area contributed by atoms with Gasteiger partial charge in [-0.15, -0.1) is 0 Å². The molecular formula is C35H39N7O3S2. The van der Waals surface area contributed by atoms with Crippen LogP contribution in [-0.2, 0) is 21.9 Å². The number of fused-ring (bicyclic) bond motifs is 3. The highest BCUT2D eigenvalue weighted by molar-refractivity contribution is 7.89. The van der Waals surface area contributed by atoms with Crippen molar-refractivity contribution >= 4 is 50.3 Å². The topological polar surface area (TPSA) is 122 Å². The van der Waals surface area contributed by atoms with Gasteiger partial charge in [0.25, 0.3) is 0 Å². The third kappa shape index (κ3) is 6.29. The van der Waals surface area contributed by atoms with Gasteiger partial charge in [0, 0.05) is 29.3 Å². The van der Waals surface area contributed by atoms with E-state index in [1.807, 2.05) is 55.5 Å². The van der Waals surface area contributed by atoms with E-state index >= 15 is 0 Å². The number of carbonyl (C=O) groups is 1. The molecule has 2 atom stereocenters. The summed E-state index contributed by atoms with van der Waals surface area (Å²) in [4.78, 5) is 13.5. The third-order valence-corrected chi connectivity index (χ3v) is 11.9. The highest BCUT2D eigenvalue weighted by atomic mass is 32.2. The van der Waals surface area contributed by atoms with Crippen molar-refractivity contribution in [2.45, 2.75) is 82.2 Å². The molecule has 2 unspecified atom stereocenters. The Morgan fingerprint density at radius 3 is 2.38 bits per heavy atom. The SMILES string of the molecule is Cc1ccc(-n2nc(C(C)(C)C)cc2NC(=O)Nc2cccc(CC3CC4CCC(C3)N4S(=O)(=O)c3cccc4nsnc34)c2)cc1. The number of nitrogens with one attached hydrogen (secondary N) is 2. The van der Waals surface area contributed by atoms with Gasteiger partial charge in [-0.1, -0.05) is 56.7 Å². The van der Waals surface area contributed by atoms with Crippen LogP contribution < -0.4 is 10.6 Å². The molecule has 2 N–H and O–H groups in total. The molecule has 4 heterocycles. The molecule has 47 heavy (non-hydrogen) atoms. The number of urea groups is 1. The Morgan fingerprint density at radius 1 is 0.936 bits per heavy atom. The first-order valence-corrected chi connectivity index (χ1v) is 18.2. The van der Waals surface area contributed by atoms with E-state index in [-0.39, 0.29) is 28.4 Å². The molecule has 0 spiro atoms. The van der Waals surface area contributed by atoms with Crippen LogP contribution in [0.1, 0.15) is 63.3 Å². The number of aromatic nitrogens is 4. The molecule has 0 radical (unpaired) electrons. The minimum Gasteiger partial charge on any atom is -0.308 e. The molecule has 2 bridgehead atoms. The number of anilines is 2. The Bertz CT molecular complexity index is 2030. The zero-order chi connectivity index (χ0) is 32.9. The molecule has 0 aliphatic carbocycles. The van der Waals surface area contributed by atoms with E-state index < -0.39 is 10.0 Å². The van der Waals surface area contributed by atoms with Crippen molar-refractivity contribution in [2.75, 3.05) is 10.6 Å². The van der Waals surface area contributed by atoms with E-state index in [2.05, 4.69) is 46.2 Å². The van der Waals surface area contributed by atoms with Crippen molar-refractivity contribution in [3.05, 3.63) is 89.6 Å². The minimum absolute atomic E-state index is 0.0333. The van der Waals surface area contributed by atoms with Gasteiger partial charge in [-0.25, -0.2) is 17.9 Å². The first-order valence-electron chi connectivity index (χ1n) is 16.0. The third-order valence-electron chi connectivity index (χ3n) is 9.28. The first-order chi connectivity index (χ1) is 22.5. The van der Waals surface area contributed by atoms with Gasteiger partial charge in [-0.2, -0.15) is 18.2 Å². The number of piperidine rings is 1. The van der Waals surface area contributed by atoms with E-state index in [1.165, 1.54) is 0 Å². The lowest BCUT2D eigenvalue weighted by molar-refractivity contribution is 0.190. The van der Waals surface area contributed by atoms with Gasteiger partial charge >= 0.3 is 6.03 Å². The summed E-state index contributed by atoms with van der Waals surface area (Å²) in [7, 11) is -3.69. The van der Waals surface area contributed by atoms with Crippen molar-refractivity contribution in [3.63, 3.8) is 0 Å². The number of benzene rings is 3. The number of amides is 2. The van der Waals surface area contributed by atoms with Gasteiger partial charge in [-0.3, -0.25) is 5.32 Å². The van der Waals surface area contributed by atoms with E-state index in [4.69, 9.17) is 5.10 Å². The zero-order valence-electron chi connectivity index (χ0n) is 27.0. The summed E-state index contributed by atoms with van der Waals surface area (Å²) in [5, 5.41) is 10.8. The number of aryl methyl sites for hydroxylation is 1. The summed E-state index contributed by atoms with van der Waals surface area (Å²) in [5.74, 6) is 0.936. The standard InChI is InChI=1S/C35H39N7O3S2/c1-22-11-13-26(14-12-22)41-32(21-31(38-41)35(2,3)4)37-34(43)36-25-8-5-7-23(18-25)17-24-19-27-15-16-28(20-24)42(27)47(44,45)30-10-6-9-29-33(30)40-46-39-29/h5-14,18,21,24,27-28H,15-17,19-20H2,1-4H3,(H2,36,37,43). The molecule has 7 rings (SSSR count). The van der Waals surface area contributed by atoms with Gasteiger partial charge < -0.3 is 5.32 Å². The Labute approximate surface area is 279 Å². The van der Waals surface area contributed by atoms with E-state index in [9.17, 15) is 13.2 Å². The molecule has 0 saturated carbocycles. The molecule has 10 nitrogen and oxygen atoms in total. The maximum absolute atomic E-state index is 13.9. The van der Waals surface area contributed by atoms with Crippen LogP contribution in [0.5, 0.6) is 0 Å². The predicted octanol–water partition coefficient (Wildman–Crippen LogP) is 7.30. The average Bonchev–Trinajstić information content (AvgIpc) is 3.74. The molecule has 2 saturated heterocycles. The minimum atomic E-state index is -3.69. The second-order valence-corrected chi connectivity index (χ2v) is 16.2. The second kappa shape index (κ2) is 12.1. The fraction of sp³-hybridized carbons (Fsp3) is 0.371. The molecule has 2 fully saturated rings. The van der Waals surface area contributed by atoms with Crippen LogP contribution in [0, 0.1) is 12.8 Å².